The minimum Gasteiger partial charge on any atom is -0.459 e. The van der Waals surface area contributed by atoms with Gasteiger partial charge in [0.1, 0.15) is 0 Å². The molecule has 0 aromatic carbocycles. The number of alkyl halides is 1. The van der Waals surface area contributed by atoms with Crippen LogP contribution in [0.15, 0.2) is 0 Å². The van der Waals surface area contributed by atoms with E-state index in [1.54, 1.807) is 6.92 Å². The molecule has 0 spiro atoms. The molecule has 0 aliphatic heterocycles. The predicted octanol–water partition coefficient (Wildman–Crippen LogP) is 1.02. The Morgan fingerprint density at radius 3 is 2.46 bits per heavy atom. The second kappa shape index (κ2) is 6.22. The lowest BCUT2D eigenvalue weighted by molar-refractivity contribution is -0.149. The van der Waals surface area contributed by atoms with Gasteiger partial charge in [0.25, 0.3) is 6.36 Å². The quantitative estimate of drug-likeness (QED) is 0.625. The molecule has 0 aromatic rings. The third-order valence-corrected chi connectivity index (χ3v) is 0.904. The summed E-state index contributed by atoms with van der Waals surface area (Å²) in [7, 11) is 0. The van der Waals surface area contributed by atoms with Crippen LogP contribution >= 0.6 is 0 Å². The van der Waals surface area contributed by atoms with Crippen molar-refractivity contribution in [2.75, 3.05) is 13.2 Å². The topological polar surface area (TPSA) is 61.8 Å². The van der Waals surface area contributed by atoms with Crippen molar-refractivity contribution in [2.24, 2.45) is 0 Å². The number of carbonyl (C=O) groups is 2. The van der Waals surface area contributed by atoms with Gasteiger partial charge in [0.15, 0.2) is 6.61 Å². The average molecular weight is 194 g/mol. The van der Waals surface area contributed by atoms with Crippen LogP contribution < -0.4 is 0 Å². The van der Waals surface area contributed by atoms with Crippen molar-refractivity contribution in [2.45, 2.75) is 20.2 Å². The summed E-state index contributed by atoms with van der Waals surface area (Å²) in [6, 6.07) is 0. The second-order valence-electron chi connectivity index (χ2n) is 2.01. The van der Waals surface area contributed by atoms with Gasteiger partial charge in [0, 0.05) is 6.92 Å². The molecular weight excluding hydrogens is 183 g/mol. The third-order valence-electron chi connectivity index (χ3n) is 0.904. The highest BCUT2D eigenvalue weighted by atomic mass is 19.1. The summed E-state index contributed by atoms with van der Waals surface area (Å²) in [6.07, 6.45) is -3.11. The molecule has 0 aromatic heterocycles. The molecule has 0 N–H and O–H groups in total. The maximum atomic E-state index is 12.5. The highest BCUT2D eigenvalue weighted by Gasteiger charge is 2.14. The molecule has 0 radical (unpaired) electrons. The lowest BCUT2D eigenvalue weighted by atomic mass is 10.7. The highest BCUT2D eigenvalue weighted by Crippen LogP contribution is 1.97. The average Bonchev–Trinajstić information content (AvgIpc) is 2.01. The van der Waals surface area contributed by atoms with Crippen molar-refractivity contribution in [3.63, 3.8) is 0 Å². The summed E-state index contributed by atoms with van der Waals surface area (Å²) in [6.45, 7) is 2.16. The van der Waals surface area contributed by atoms with Crippen molar-refractivity contribution in [3.8, 4) is 0 Å². The standard InChI is InChI=1S/C7H11FO5/c1-3-11-7(10)13-6(8)4-12-5(2)9/h6H,3-4H2,1-2H3. The summed E-state index contributed by atoms with van der Waals surface area (Å²) in [5.74, 6) is -0.643. The van der Waals surface area contributed by atoms with Gasteiger partial charge in [0.05, 0.1) is 6.61 Å². The molecule has 0 amide bonds. The first-order valence-electron chi connectivity index (χ1n) is 3.67. The molecule has 6 heteroatoms. The Labute approximate surface area is 74.8 Å². The smallest absolute Gasteiger partial charge is 0.459 e. The molecule has 0 aliphatic rings. The van der Waals surface area contributed by atoms with E-state index in [9.17, 15) is 14.0 Å². The summed E-state index contributed by atoms with van der Waals surface area (Å²) in [5, 5.41) is 0. The number of hydrogen-bond donors (Lipinski definition) is 0. The number of halogens is 1. The number of ether oxygens (including phenoxy) is 3. The van der Waals surface area contributed by atoms with Gasteiger partial charge in [-0.3, -0.25) is 4.79 Å². The van der Waals surface area contributed by atoms with E-state index in [4.69, 9.17) is 0 Å². The maximum absolute atomic E-state index is 12.5. The SMILES string of the molecule is CCOC(=O)OC(F)COC(C)=O. The van der Waals surface area contributed by atoms with Crippen LogP contribution in [0, 0.1) is 0 Å². The molecule has 0 heterocycles. The zero-order chi connectivity index (χ0) is 10.3. The van der Waals surface area contributed by atoms with Crippen LogP contribution in [0.2, 0.25) is 0 Å². The zero-order valence-corrected chi connectivity index (χ0v) is 7.41. The van der Waals surface area contributed by atoms with Crippen LogP contribution in [0.4, 0.5) is 9.18 Å². The van der Waals surface area contributed by atoms with Gasteiger partial charge in [-0.25, -0.2) is 4.79 Å². The molecule has 13 heavy (non-hydrogen) atoms. The third kappa shape index (κ3) is 7.04. The second-order valence-corrected chi connectivity index (χ2v) is 2.01. The number of hydrogen-bond acceptors (Lipinski definition) is 5. The maximum Gasteiger partial charge on any atom is 0.510 e. The molecule has 0 fully saturated rings. The van der Waals surface area contributed by atoms with Crippen molar-refractivity contribution in [3.05, 3.63) is 0 Å². The van der Waals surface area contributed by atoms with E-state index in [0.717, 1.165) is 6.92 Å². The predicted molar refractivity (Wildman–Crippen MR) is 39.6 cm³/mol. The van der Waals surface area contributed by atoms with Crippen molar-refractivity contribution in [1.82, 2.24) is 0 Å². The summed E-state index contributed by atoms with van der Waals surface area (Å²) < 4.78 is 25.1. The van der Waals surface area contributed by atoms with E-state index >= 15 is 0 Å². The summed E-state index contributed by atoms with van der Waals surface area (Å²) in [4.78, 5) is 20.7. The molecule has 0 saturated heterocycles. The summed E-state index contributed by atoms with van der Waals surface area (Å²) >= 11 is 0. The lowest BCUT2D eigenvalue weighted by Crippen LogP contribution is -2.21. The van der Waals surface area contributed by atoms with Crippen molar-refractivity contribution >= 4 is 12.1 Å². The van der Waals surface area contributed by atoms with Crippen molar-refractivity contribution in [1.29, 1.82) is 0 Å². The molecular formula is C7H11FO5. The minimum atomic E-state index is -1.98. The van der Waals surface area contributed by atoms with Crippen LogP contribution in [0.25, 0.3) is 0 Å². The van der Waals surface area contributed by atoms with E-state index in [-0.39, 0.29) is 6.61 Å². The van der Waals surface area contributed by atoms with E-state index in [1.165, 1.54) is 0 Å². The Balaban J connectivity index is 3.55. The fourth-order valence-electron chi connectivity index (χ4n) is 0.473. The Morgan fingerprint density at radius 2 is 2.00 bits per heavy atom. The van der Waals surface area contributed by atoms with Crippen LogP contribution in [-0.2, 0) is 19.0 Å². The molecule has 0 aliphatic carbocycles. The summed E-state index contributed by atoms with van der Waals surface area (Å²) in [5.41, 5.74) is 0. The van der Waals surface area contributed by atoms with E-state index in [2.05, 4.69) is 14.2 Å². The first-order valence-corrected chi connectivity index (χ1v) is 3.67. The lowest BCUT2D eigenvalue weighted by Gasteiger charge is -2.08. The molecule has 76 valence electrons. The molecule has 5 nitrogen and oxygen atoms in total. The Morgan fingerprint density at radius 1 is 1.38 bits per heavy atom. The number of rotatable bonds is 4. The Kier molecular flexibility index (Phi) is 5.58. The Hall–Kier alpha value is -1.33. The first-order chi connectivity index (χ1) is 6.06. The fourth-order valence-corrected chi connectivity index (χ4v) is 0.473. The molecule has 0 bridgehead atoms. The van der Waals surface area contributed by atoms with Crippen LogP contribution in [0.1, 0.15) is 13.8 Å². The van der Waals surface area contributed by atoms with Gasteiger partial charge in [0.2, 0.25) is 0 Å². The van der Waals surface area contributed by atoms with Gasteiger partial charge in [-0.1, -0.05) is 0 Å². The van der Waals surface area contributed by atoms with Crippen LogP contribution in [0.3, 0.4) is 0 Å². The van der Waals surface area contributed by atoms with Gasteiger partial charge in [-0.05, 0) is 6.92 Å². The first kappa shape index (κ1) is 11.7. The van der Waals surface area contributed by atoms with E-state index in [0.29, 0.717) is 0 Å². The molecule has 0 rings (SSSR count). The van der Waals surface area contributed by atoms with E-state index in [1.807, 2.05) is 0 Å². The van der Waals surface area contributed by atoms with E-state index < -0.39 is 25.1 Å². The van der Waals surface area contributed by atoms with Gasteiger partial charge in [-0.15, -0.1) is 0 Å². The minimum absolute atomic E-state index is 0.0963. The number of esters is 1. The number of carbonyl (C=O) groups excluding carboxylic acids is 2. The van der Waals surface area contributed by atoms with Crippen molar-refractivity contribution < 1.29 is 28.2 Å². The van der Waals surface area contributed by atoms with Gasteiger partial charge >= 0.3 is 12.1 Å². The highest BCUT2D eigenvalue weighted by molar-refractivity contribution is 5.66. The zero-order valence-electron chi connectivity index (χ0n) is 7.41. The Bertz CT molecular complexity index is 182. The molecule has 1 atom stereocenters. The van der Waals surface area contributed by atoms with Gasteiger partial charge < -0.3 is 14.2 Å². The van der Waals surface area contributed by atoms with Crippen LogP contribution in [0.5, 0.6) is 0 Å². The molecule has 0 saturated carbocycles. The molecule has 1 unspecified atom stereocenters. The largest absolute Gasteiger partial charge is 0.510 e. The van der Waals surface area contributed by atoms with Crippen LogP contribution in [-0.4, -0.2) is 31.7 Å². The van der Waals surface area contributed by atoms with Gasteiger partial charge in [-0.2, -0.15) is 4.39 Å². The monoisotopic (exact) mass is 194 g/mol. The normalized spacial score (nSPS) is 11.6. The fraction of sp³-hybridized carbons (Fsp3) is 0.714.